The molecule has 1 aliphatic rings. The Balaban J connectivity index is 2.73. The van der Waals surface area contributed by atoms with Gasteiger partial charge in [0, 0.05) is 31.8 Å². The Kier molecular flexibility index (Phi) is 8.03. The highest BCUT2D eigenvalue weighted by Crippen LogP contribution is 2.30. The molecule has 1 atom stereocenters. The van der Waals surface area contributed by atoms with Crippen molar-refractivity contribution in [3.05, 3.63) is 0 Å². The lowest BCUT2D eigenvalue weighted by Gasteiger charge is -2.51. The summed E-state index contributed by atoms with van der Waals surface area (Å²) in [6.45, 7) is 13.0. The van der Waals surface area contributed by atoms with Crippen molar-refractivity contribution in [3.63, 3.8) is 0 Å². The van der Waals surface area contributed by atoms with Crippen molar-refractivity contribution < 1.29 is 4.74 Å². The zero-order chi connectivity index (χ0) is 15.0. The summed E-state index contributed by atoms with van der Waals surface area (Å²) in [5.74, 6) is 0. The third kappa shape index (κ3) is 4.42. The number of ether oxygens (including phenoxy) is 1. The number of piperidine rings is 1. The lowest BCUT2D eigenvalue weighted by atomic mass is 9.84. The molecule has 0 aromatic heterocycles. The molecule has 0 aliphatic carbocycles. The van der Waals surface area contributed by atoms with Gasteiger partial charge in [0.2, 0.25) is 0 Å². The lowest BCUT2D eigenvalue weighted by Crippen LogP contribution is -2.62. The predicted octanol–water partition coefficient (Wildman–Crippen LogP) is 1.94. The third-order valence-corrected chi connectivity index (χ3v) is 4.98. The molecule has 0 amide bonds. The summed E-state index contributed by atoms with van der Waals surface area (Å²) in [4.78, 5) is 5.21. The quantitative estimate of drug-likeness (QED) is 0.703. The fourth-order valence-corrected chi connectivity index (χ4v) is 3.45. The number of nitrogens with zero attached hydrogens (tertiary/aromatic N) is 2. The van der Waals surface area contributed by atoms with Gasteiger partial charge in [-0.2, -0.15) is 0 Å². The van der Waals surface area contributed by atoms with E-state index in [0.29, 0.717) is 6.04 Å². The molecule has 20 heavy (non-hydrogen) atoms. The van der Waals surface area contributed by atoms with Gasteiger partial charge in [0.25, 0.3) is 0 Å². The van der Waals surface area contributed by atoms with Gasteiger partial charge in [0.15, 0.2) is 0 Å². The van der Waals surface area contributed by atoms with E-state index in [4.69, 9.17) is 10.5 Å². The number of hydrogen-bond donors (Lipinski definition) is 1. The zero-order valence-electron chi connectivity index (χ0n) is 14.0. The van der Waals surface area contributed by atoms with Gasteiger partial charge in [-0.05, 0) is 52.2 Å². The van der Waals surface area contributed by atoms with Crippen LogP contribution in [0.25, 0.3) is 0 Å². The molecule has 4 heteroatoms. The van der Waals surface area contributed by atoms with Crippen LogP contribution in [0.5, 0.6) is 0 Å². The second kappa shape index (κ2) is 8.98. The van der Waals surface area contributed by atoms with Crippen LogP contribution in [0.2, 0.25) is 0 Å². The van der Waals surface area contributed by atoms with Gasteiger partial charge >= 0.3 is 0 Å². The molecule has 1 fully saturated rings. The van der Waals surface area contributed by atoms with E-state index in [0.717, 1.165) is 19.7 Å². The number of methoxy groups -OCH3 is 1. The summed E-state index contributed by atoms with van der Waals surface area (Å²) in [5.41, 5.74) is 6.40. The lowest BCUT2D eigenvalue weighted by molar-refractivity contribution is -0.0140. The third-order valence-electron chi connectivity index (χ3n) is 4.98. The highest BCUT2D eigenvalue weighted by Gasteiger charge is 2.40. The Morgan fingerprint density at radius 2 is 1.95 bits per heavy atom. The molecule has 2 N–H and O–H groups in total. The Morgan fingerprint density at radius 1 is 1.30 bits per heavy atom. The van der Waals surface area contributed by atoms with Crippen molar-refractivity contribution in [2.24, 2.45) is 5.73 Å². The van der Waals surface area contributed by atoms with E-state index in [1.807, 2.05) is 0 Å². The van der Waals surface area contributed by atoms with Crippen molar-refractivity contribution in [2.75, 3.05) is 46.4 Å². The van der Waals surface area contributed by atoms with Crippen LogP contribution in [0.4, 0.5) is 0 Å². The van der Waals surface area contributed by atoms with Gasteiger partial charge in [-0.25, -0.2) is 0 Å². The van der Waals surface area contributed by atoms with Crippen molar-refractivity contribution >= 4 is 0 Å². The van der Waals surface area contributed by atoms with Crippen molar-refractivity contribution in [2.45, 2.75) is 58.0 Å². The van der Waals surface area contributed by atoms with Crippen LogP contribution in [0.15, 0.2) is 0 Å². The first-order valence-electron chi connectivity index (χ1n) is 8.31. The smallest absolute Gasteiger partial charge is 0.0590 e. The van der Waals surface area contributed by atoms with Crippen LogP contribution in [0.3, 0.4) is 0 Å². The molecule has 1 rings (SSSR count). The Labute approximate surface area is 125 Å². The van der Waals surface area contributed by atoms with Gasteiger partial charge in [0.05, 0.1) is 6.61 Å². The minimum absolute atomic E-state index is 0.179. The van der Waals surface area contributed by atoms with E-state index in [1.165, 1.54) is 45.3 Å². The molecule has 4 nitrogen and oxygen atoms in total. The molecule has 0 radical (unpaired) electrons. The summed E-state index contributed by atoms with van der Waals surface area (Å²) in [5, 5.41) is 0. The Morgan fingerprint density at radius 3 is 2.40 bits per heavy atom. The Hall–Kier alpha value is -0.160. The summed E-state index contributed by atoms with van der Waals surface area (Å²) in [6, 6.07) is 0.575. The molecule has 0 spiro atoms. The van der Waals surface area contributed by atoms with E-state index in [9.17, 15) is 0 Å². The van der Waals surface area contributed by atoms with Gasteiger partial charge < -0.3 is 15.4 Å². The average molecular weight is 285 g/mol. The highest BCUT2D eigenvalue weighted by atomic mass is 16.5. The zero-order valence-corrected chi connectivity index (χ0v) is 14.0. The van der Waals surface area contributed by atoms with Crippen molar-refractivity contribution in [1.29, 1.82) is 0 Å². The molecule has 120 valence electrons. The molecule has 1 aliphatic heterocycles. The van der Waals surface area contributed by atoms with E-state index in [-0.39, 0.29) is 5.54 Å². The largest absolute Gasteiger partial charge is 0.383 e. The maximum atomic E-state index is 6.22. The maximum Gasteiger partial charge on any atom is 0.0590 e. The standard InChI is InChI=1S/C16H35N3O/c1-5-9-18-10-7-16(14-17,8-11-18)19(12-13-20-4)15(3)6-2/h15H,5-14,17H2,1-4H3. The first kappa shape index (κ1) is 17.9. The van der Waals surface area contributed by atoms with Gasteiger partial charge in [-0.15, -0.1) is 0 Å². The second-order valence-corrected chi connectivity index (χ2v) is 6.21. The highest BCUT2D eigenvalue weighted by molar-refractivity contribution is 4.98. The monoisotopic (exact) mass is 285 g/mol. The predicted molar refractivity (Wildman–Crippen MR) is 86.1 cm³/mol. The van der Waals surface area contributed by atoms with Gasteiger partial charge in [0.1, 0.15) is 0 Å². The SMILES string of the molecule is CCCN1CCC(CN)(N(CCOC)C(C)CC)CC1. The Bertz CT molecular complexity index is 252. The molecule has 0 bridgehead atoms. The van der Waals surface area contributed by atoms with Crippen LogP contribution < -0.4 is 5.73 Å². The fraction of sp³-hybridized carbons (Fsp3) is 1.00. The minimum Gasteiger partial charge on any atom is -0.383 e. The molecular weight excluding hydrogens is 250 g/mol. The normalized spacial score (nSPS) is 21.3. The van der Waals surface area contributed by atoms with E-state index in [2.05, 4.69) is 30.6 Å². The molecular formula is C16H35N3O. The molecule has 0 aromatic rings. The number of likely N-dealkylation sites (tertiary alicyclic amines) is 1. The first-order chi connectivity index (χ1) is 9.63. The summed E-state index contributed by atoms with van der Waals surface area (Å²) in [6.07, 6.45) is 4.80. The molecule has 0 saturated carbocycles. The van der Waals surface area contributed by atoms with E-state index < -0.39 is 0 Å². The van der Waals surface area contributed by atoms with E-state index in [1.54, 1.807) is 7.11 Å². The average Bonchev–Trinajstić information content (AvgIpc) is 2.49. The van der Waals surface area contributed by atoms with Crippen LogP contribution in [0.1, 0.15) is 46.5 Å². The maximum absolute atomic E-state index is 6.22. The molecule has 0 aromatic carbocycles. The van der Waals surface area contributed by atoms with Crippen molar-refractivity contribution in [1.82, 2.24) is 9.80 Å². The van der Waals surface area contributed by atoms with Crippen LogP contribution >= 0.6 is 0 Å². The minimum atomic E-state index is 0.179. The summed E-state index contributed by atoms with van der Waals surface area (Å²) >= 11 is 0. The van der Waals surface area contributed by atoms with Gasteiger partial charge in [-0.1, -0.05) is 13.8 Å². The molecule has 1 saturated heterocycles. The number of nitrogens with two attached hydrogens (primary N) is 1. The summed E-state index contributed by atoms with van der Waals surface area (Å²) in [7, 11) is 1.79. The van der Waals surface area contributed by atoms with Crippen LogP contribution in [0, 0.1) is 0 Å². The van der Waals surface area contributed by atoms with Crippen LogP contribution in [-0.4, -0.2) is 67.8 Å². The molecule has 1 heterocycles. The topological polar surface area (TPSA) is 41.7 Å². The first-order valence-corrected chi connectivity index (χ1v) is 8.31. The van der Waals surface area contributed by atoms with Crippen LogP contribution in [-0.2, 0) is 4.74 Å². The fourth-order valence-electron chi connectivity index (χ4n) is 3.45. The number of hydrogen-bond acceptors (Lipinski definition) is 4. The summed E-state index contributed by atoms with van der Waals surface area (Å²) < 4.78 is 5.31. The van der Waals surface area contributed by atoms with Gasteiger partial charge in [-0.3, -0.25) is 4.90 Å². The number of rotatable bonds is 9. The van der Waals surface area contributed by atoms with E-state index >= 15 is 0 Å². The molecule has 1 unspecified atom stereocenters. The second-order valence-electron chi connectivity index (χ2n) is 6.21. The van der Waals surface area contributed by atoms with Crippen molar-refractivity contribution in [3.8, 4) is 0 Å².